The van der Waals surface area contributed by atoms with Crippen LogP contribution in [0.3, 0.4) is 0 Å². The molecule has 86 valence electrons. The number of thiophene rings is 1. The minimum Gasteiger partial charge on any atom is -0.322 e. The Kier molecular flexibility index (Phi) is 2.66. The van der Waals surface area contributed by atoms with Crippen LogP contribution in [0, 0.1) is 0 Å². The third-order valence-electron chi connectivity index (χ3n) is 2.76. The number of rotatable bonds is 3. The second-order valence-corrected chi connectivity index (χ2v) is 5.05. The van der Waals surface area contributed by atoms with Gasteiger partial charge in [-0.2, -0.15) is 0 Å². The quantitative estimate of drug-likeness (QED) is 0.768. The first-order valence-corrected chi connectivity index (χ1v) is 6.42. The van der Waals surface area contributed by atoms with E-state index in [1.54, 1.807) is 11.3 Å². The fraction of sp³-hybridized carbons (Fsp3) is 0.154. The Morgan fingerprint density at radius 1 is 1.29 bits per heavy atom. The molecule has 0 radical (unpaired) electrons. The number of nitrogens with two attached hydrogens (primary N) is 1. The number of imidazole rings is 1. The number of fused-ring (bicyclic) bond motifs is 1. The fourth-order valence-corrected chi connectivity index (χ4v) is 2.65. The second-order valence-electron chi connectivity index (χ2n) is 4.02. The number of hydrogen-bond donors (Lipinski definition) is 1. The summed E-state index contributed by atoms with van der Waals surface area (Å²) in [5, 5.41) is 2.08. The van der Waals surface area contributed by atoms with Crippen LogP contribution in [0.25, 0.3) is 5.65 Å². The minimum absolute atomic E-state index is 0.0338. The standard InChI is InChI=1S/C13H13N3S/c14-11(8-10-4-3-7-17-10)12-9-16-6-2-1-5-13(16)15-12/h1-7,9,11H,8,14H2. The molecule has 0 fully saturated rings. The minimum atomic E-state index is -0.0338. The maximum Gasteiger partial charge on any atom is 0.137 e. The fourth-order valence-electron chi connectivity index (χ4n) is 1.88. The third kappa shape index (κ3) is 2.09. The molecular weight excluding hydrogens is 230 g/mol. The molecule has 0 bridgehead atoms. The first-order valence-electron chi connectivity index (χ1n) is 5.54. The van der Waals surface area contributed by atoms with Crippen molar-refractivity contribution < 1.29 is 0 Å². The lowest BCUT2D eigenvalue weighted by atomic mass is 10.1. The van der Waals surface area contributed by atoms with E-state index in [0.717, 1.165) is 17.8 Å². The zero-order chi connectivity index (χ0) is 11.7. The molecule has 1 unspecified atom stereocenters. The first-order chi connectivity index (χ1) is 8.33. The highest BCUT2D eigenvalue weighted by atomic mass is 32.1. The van der Waals surface area contributed by atoms with Crippen LogP contribution in [0.2, 0.25) is 0 Å². The molecule has 0 aliphatic rings. The summed E-state index contributed by atoms with van der Waals surface area (Å²) in [5.41, 5.74) is 8.08. The molecule has 2 N–H and O–H groups in total. The van der Waals surface area contributed by atoms with Gasteiger partial charge in [-0.25, -0.2) is 4.98 Å². The van der Waals surface area contributed by atoms with E-state index in [1.807, 2.05) is 35.0 Å². The van der Waals surface area contributed by atoms with Crippen LogP contribution in [0.15, 0.2) is 48.1 Å². The highest BCUT2D eigenvalue weighted by Crippen LogP contribution is 2.19. The van der Waals surface area contributed by atoms with Crippen molar-refractivity contribution in [3.63, 3.8) is 0 Å². The molecule has 17 heavy (non-hydrogen) atoms. The molecule has 1 atom stereocenters. The first kappa shape index (κ1) is 10.5. The molecule has 3 aromatic heterocycles. The second kappa shape index (κ2) is 4.31. The molecule has 0 aliphatic heterocycles. The lowest BCUT2D eigenvalue weighted by Gasteiger charge is -2.05. The molecule has 0 aliphatic carbocycles. The van der Waals surface area contributed by atoms with E-state index >= 15 is 0 Å². The van der Waals surface area contributed by atoms with Crippen LogP contribution < -0.4 is 5.73 Å². The number of aromatic nitrogens is 2. The molecule has 4 heteroatoms. The molecule has 0 saturated heterocycles. The maximum absolute atomic E-state index is 6.18. The van der Waals surface area contributed by atoms with Gasteiger partial charge in [0.05, 0.1) is 11.7 Å². The van der Waals surface area contributed by atoms with E-state index in [-0.39, 0.29) is 6.04 Å². The highest BCUT2D eigenvalue weighted by molar-refractivity contribution is 7.09. The highest BCUT2D eigenvalue weighted by Gasteiger charge is 2.11. The van der Waals surface area contributed by atoms with Crippen molar-refractivity contribution in [1.82, 2.24) is 9.38 Å². The van der Waals surface area contributed by atoms with Crippen LogP contribution in [0.1, 0.15) is 16.6 Å². The summed E-state index contributed by atoms with van der Waals surface area (Å²) in [4.78, 5) is 5.84. The summed E-state index contributed by atoms with van der Waals surface area (Å²) in [6.45, 7) is 0. The van der Waals surface area contributed by atoms with Crippen LogP contribution >= 0.6 is 11.3 Å². The molecule has 3 heterocycles. The van der Waals surface area contributed by atoms with E-state index < -0.39 is 0 Å². The lowest BCUT2D eigenvalue weighted by Crippen LogP contribution is -2.12. The summed E-state index contributed by atoms with van der Waals surface area (Å²) < 4.78 is 2.00. The largest absolute Gasteiger partial charge is 0.322 e. The van der Waals surface area contributed by atoms with Gasteiger partial charge in [-0.15, -0.1) is 11.3 Å². The summed E-state index contributed by atoms with van der Waals surface area (Å²) in [5.74, 6) is 0. The van der Waals surface area contributed by atoms with E-state index in [4.69, 9.17) is 5.73 Å². The molecule has 3 aromatic rings. The van der Waals surface area contributed by atoms with Crippen LogP contribution in [0.4, 0.5) is 0 Å². The average Bonchev–Trinajstić information content (AvgIpc) is 2.96. The molecule has 0 saturated carbocycles. The number of nitrogens with zero attached hydrogens (tertiary/aromatic N) is 2. The van der Waals surface area contributed by atoms with Crippen molar-refractivity contribution in [2.45, 2.75) is 12.5 Å². The zero-order valence-electron chi connectivity index (χ0n) is 9.28. The summed E-state index contributed by atoms with van der Waals surface area (Å²) in [6.07, 6.45) is 4.85. The topological polar surface area (TPSA) is 43.3 Å². The maximum atomic E-state index is 6.18. The Labute approximate surface area is 104 Å². The molecular formula is C13H13N3S. The summed E-state index contributed by atoms with van der Waals surface area (Å²) in [7, 11) is 0. The third-order valence-corrected chi connectivity index (χ3v) is 3.66. The van der Waals surface area contributed by atoms with Crippen molar-refractivity contribution in [1.29, 1.82) is 0 Å². The van der Waals surface area contributed by atoms with Gasteiger partial charge in [0.1, 0.15) is 5.65 Å². The van der Waals surface area contributed by atoms with Crippen molar-refractivity contribution in [2.75, 3.05) is 0 Å². The smallest absolute Gasteiger partial charge is 0.137 e. The Morgan fingerprint density at radius 3 is 3.00 bits per heavy atom. The monoisotopic (exact) mass is 243 g/mol. The van der Waals surface area contributed by atoms with Gasteiger partial charge in [-0.05, 0) is 23.6 Å². The molecule has 0 aromatic carbocycles. The van der Waals surface area contributed by atoms with Gasteiger partial charge in [0, 0.05) is 23.7 Å². The van der Waals surface area contributed by atoms with Gasteiger partial charge in [-0.3, -0.25) is 0 Å². The van der Waals surface area contributed by atoms with Crippen molar-refractivity contribution in [2.24, 2.45) is 5.73 Å². The predicted octanol–water partition coefficient (Wildman–Crippen LogP) is 2.64. The lowest BCUT2D eigenvalue weighted by molar-refractivity contribution is 0.709. The van der Waals surface area contributed by atoms with Gasteiger partial charge >= 0.3 is 0 Å². The van der Waals surface area contributed by atoms with E-state index in [1.165, 1.54) is 4.88 Å². The van der Waals surface area contributed by atoms with E-state index in [9.17, 15) is 0 Å². The Bertz CT molecular complexity index is 579. The van der Waals surface area contributed by atoms with Gasteiger partial charge in [-0.1, -0.05) is 12.1 Å². The van der Waals surface area contributed by atoms with Gasteiger partial charge in [0.25, 0.3) is 0 Å². The summed E-state index contributed by atoms with van der Waals surface area (Å²) in [6, 6.07) is 10.1. The molecule has 3 nitrogen and oxygen atoms in total. The normalized spacial score (nSPS) is 13.0. The zero-order valence-corrected chi connectivity index (χ0v) is 10.1. The predicted molar refractivity (Wildman–Crippen MR) is 70.1 cm³/mol. The molecule has 0 amide bonds. The van der Waals surface area contributed by atoms with Crippen molar-refractivity contribution in [3.8, 4) is 0 Å². The summed E-state index contributed by atoms with van der Waals surface area (Å²) >= 11 is 1.74. The van der Waals surface area contributed by atoms with Crippen LogP contribution in [-0.4, -0.2) is 9.38 Å². The van der Waals surface area contributed by atoms with Crippen LogP contribution in [0.5, 0.6) is 0 Å². The number of hydrogen-bond acceptors (Lipinski definition) is 3. The molecule has 3 rings (SSSR count). The van der Waals surface area contributed by atoms with Gasteiger partial charge < -0.3 is 10.1 Å². The Balaban J connectivity index is 1.88. The Hall–Kier alpha value is -1.65. The van der Waals surface area contributed by atoms with Gasteiger partial charge in [0.15, 0.2) is 0 Å². The SMILES string of the molecule is NC(Cc1cccs1)c1cn2ccccc2n1. The van der Waals surface area contributed by atoms with Crippen molar-refractivity contribution >= 4 is 17.0 Å². The number of pyridine rings is 1. The van der Waals surface area contributed by atoms with E-state index in [2.05, 4.69) is 22.5 Å². The molecule has 0 spiro atoms. The Morgan fingerprint density at radius 2 is 2.24 bits per heavy atom. The van der Waals surface area contributed by atoms with E-state index in [0.29, 0.717) is 0 Å². The van der Waals surface area contributed by atoms with Crippen molar-refractivity contribution in [3.05, 3.63) is 58.7 Å². The van der Waals surface area contributed by atoms with Crippen LogP contribution in [-0.2, 0) is 6.42 Å². The van der Waals surface area contributed by atoms with Gasteiger partial charge in [0.2, 0.25) is 0 Å². The average molecular weight is 243 g/mol.